The van der Waals surface area contributed by atoms with Crippen molar-refractivity contribution in [2.24, 2.45) is 0 Å². The Morgan fingerprint density at radius 2 is 1.84 bits per heavy atom. The molecule has 1 aliphatic carbocycles. The first kappa shape index (κ1) is 12.0. The number of rotatable bonds is 4. The van der Waals surface area contributed by atoms with Gasteiger partial charge in [-0.25, -0.2) is 0 Å². The fourth-order valence-electron chi connectivity index (χ4n) is 3.01. The minimum atomic E-state index is 0.934. The molecule has 0 unspecified atom stereocenters. The molecule has 0 radical (unpaired) electrons. The second-order valence-corrected chi connectivity index (χ2v) is 5.12. The molecule has 0 saturated heterocycles. The first-order valence-corrected chi connectivity index (χ1v) is 6.78. The molecule has 3 rings (SSSR count). The van der Waals surface area contributed by atoms with Crippen LogP contribution in [0.1, 0.15) is 23.1 Å². The smallest absolute Gasteiger partial charge is 0.00543 e. The van der Waals surface area contributed by atoms with E-state index in [4.69, 9.17) is 0 Å². The highest BCUT2D eigenvalue weighted by molar-refractivity contribution is 5.97. The summed E-state index contributed by atoms with van der Waals surface area (Å²) in [7, 11) is 0. The maximum absolute atomic E-state index is 3.86. The highest BCUT2D eigenvalue weighted by Crippen LogP contribution is 2.34. The van der Waals surface area contributed by atoms with E-state index in [0.29, 0.717) is 0 Å². The highest BCUT2D eigenvalue weighted by Gasteiger charge is 2.14. The summed E-state index contributed by atoms with van der Waals surface area (Å²) in [5, 5.41) is 2.80. The zero-order valence-electron chi connectivity index (χ0n) is 11.2. The van der Waals surface area contributed by atoms with Crippen molar-refractivity contribution in [2.75, 3.05) is 0 Å². The third kappa shape index (κ3) is 2.04. The maximum atomic E-state index is 3.86. The van der Waals surface area contributed by atoms with Crippen LogP contribution in [0.2, 0.25) is 0 Å². The first-order valence-electron chi connectivity index (χ1n) is 6.78. The number of benzene rings is 2. The van der Waals surface area contributed by atoms with E-state index in [9.17, 15) is 0 Å². The lowest BCUT2D eigenvalue weighted by Gasteiger charge is -2.19. The topological polar surface area (TPSA) is 0 Å². The molecule has 0 aliphatic heterocycles. The molecule has 0 atom stereocenters. The standard InChI is InChI=1S/C19H18/c1-3-6-14-12-16-8-5-9-18-15(7-4-2)10-11-17(13-14)19(16)18/h3-5,8-11,13H,1-2,6-7,12H2. The monoisotopic (exact) mass is 246 g/mol. The zero-order chi connectivity index (χ0) is 13.2. The van der Waals surface area contributed by atoms with Crippen LogP contribution in [0.25, 0.3) is 16.8 Å². The Balaban J connectivity index is 2.24. The van der Waals surface area contributed by atoms with Gasteiger partial charge in [0, 0.05) is 0 Å². The predicted molar refractivity (Wildman–Crippen MR) is 84.3 cm³/mol. The Kier molecular flexibility index (Phi) is 3.08. The molecule has 0 amide bonds. The van der Waals surface area contributed by atoms with Crippen LogP contribution in [-0.2, 0) is 12.8 Å². The van der Waals surface area contributed by atoms with Crippen molar-refractivity contribution in [3.63, 3.8) is 0 Å². The van der Waals surface area contributed by atoms with E-state index in [1.165, 1.54) is 33.0 Å². The van der Waals surface area contributed by atoms with E-state index in [0.717, 1.165) is 19.3 Å². The second kappa shape index (κ2) is 4.89. The van der Waals surface area contributed by atoms with Crippen molar-refractivity contribution >= 4 is 16.8 Å². The first-order chi connectivity index (χ1) is 9.33. The lowest BCUT2D eigenvalue weighted by molar-refractivity contribution is 1.08. The van der Waals surface area contributed by atoms with Crippen molar-refractivity contribution in [2.45, 2.75) is 19.3 Å². The van der Waals surface area contributed by atoms with Crippen LogP contribution in [0.4, 0.5) is 0 Å². The summed E-state index contributed by atoms with van der Waals surface area (Å²) in [4.78, 5) is 0. The summed E-state index contributed by atoms with van der Waals surface area (Å²) in [5.41, 5.74) is 5.61. The van der Waals surface area contributed by atoms with Gasteiger partial charge in [0.2, 0.25) is 0 Å². The van der Waals surface area contributed by atoms with Crippen LogP contribution >= 0.6 is 0 Å². The van der Waals surface area contributed by atoms with Gasteiger partial charge in [-0.15, -0.1) is 13.2 Å². The molecule has 19 heavy (non-hydrogen) atoms. The SMILES string of the molecule is C=CCC1=Cc2ccc(CC=C)c3cccc(c23)C1. The average molecular weight is 246 g/mol. The van der Waals surface area contributed by atoms with Crippen molar-refractivity contribution in [1.29, 1.82) is 0 Å². The quantitative estimate of drug-likeness (QED) is 0.660. The Labute approximate surface area is 114 Å². The van der Waals surface area contributed by atoms with Gasteiger partial charge in [0.15, 0.2) is 0 Å². The third-order valence-electron chi connectivity index (χ3n) is 3.80. The van der Waals surface area contributed by atoms with Crippen molar-refractivity contribution in [3.05, 3.63) is 77.9 Å². The zero-order valence-corrected chi connectivity index (χ0v) is 11.2. The van der Waals surface area contributed by atoms with E-state index in [2.05, 4.69) is 49.6 Å². The minimum Gasteiger partial charge on any atom is -0.103 e. The molecular formula is C19H18. The van der Waals surface area contributed by atoms with Crippen LogP contribution < -0.4 is 0 Å². The van der Waals surface area contributed by atoms with Crippen LogP contribution in [0, 0.1) is 0 Å². The number of allylic oxidation sites excluding steroid dienone is 3. The molecule has 2 aromatic rings. The Hall–Kier alpha value is -2.08. The predicted octanol–water partition coefficient (Wildman–Crippen LogP) is 5.08. The summed E-state index contributed by atoms with van der Waals surface area (Å²) < 4.78 is 0. The third-order valence-corrected chi connectivity index (χ3v) is 3.80. The van der Waals surface area contributed by atoms with Crippen molar-refractivity contribution in [1.82, 2.24) is 0 Å². The molecule has 0 nitrogen and oxygen atoms in total. The number of hydrogen-bond donors (Lipinski definition) is 0. The van der Waals surface area contributed by atoms with Gasteiger partial charge in [-0.05, 0) is 46.7 Å². The fourth-order valence-corrected chi connectivity index (χ4v) is 3.01. The summed E-state index contributed by atoms with van der Waals surface area (Å²) in [5.74, 6) is 0. The van der Waals surface area contributed by atoms with E-state index in [-0.39, 0.29) is 0 Å². The van der Waals surface area contributed by atoms with E-state index in [1.807, 2.05) is 12.2 Å². The molecule has 0 N–H and O–H groups in total. The Morgan fingerprint density at radius 1 is 1.00 bits per heavy atom. The van der Waals surface area contributed by atoms with Crippen molar-refractivity contribution < 1.29 is 0 Å². The molecule has 2 aromatic carbocycles. The van der Waals surface area contributed by atoms with Crippen LogP contribution in [0.5, 0.6) is 0 Å². The molecule has 0 saturated carbocycles. The van der Waals surface area contributed by atoms with Gasteiger partial charge in [-0.3, -0.25) is 0 Å². The summed E-state index contributed by atoms with van der Waals surface area (Å²) in [6.07, 6.45) is 9.26. The average Bonchev–Trinajstić information content (AvgIpc) is 2.42. The van der Waals surface area contributed by atoms with Gasteiger partial charge >= 0.3 is 0 Å². The van der Waals surface area contributed by atoms with Crippen LogP contribution in [0.15, 0.2) is 61.2 Å². The number of hydrogen-bond acceptors (Lipinski definition) is 0. The van der Waals surface area contributed by atoms with Gasteiger partial charge in [-0.2, -0.15) is 0 Å². The molecular weight excluding hydrogens is 228 g/mol. The van der Waals surface area contributed by atoms with E-state index in [1.54, 1.807) is 0 Å². The Morgan fingerprint density at radius 3 is 2.63 bits per heavy atom. The van der Waals surface area contributed by atoms with Crippen LogP contribution in [0.3, 0.4) is 0 Å². The van der Waals surface area contributed by atoms with Crippen LogP contribution in [-0.4, -0.2) is 0 Å². The summed E-state index contributed by atoms with van der Waals surface area (Å²) in [6.45, 7) is 7.70. The van der Waals surface area contributed by atoms with E-state index < -0.39 is 0 Å². The van der Waals surface area contributed by atoms with Gasteiger partial charge in [0.05, 0.1) is 0 Å². The van der Waals surface area contributed by atoms with Gasteiger partial charge in [0.25, 0.3) is 0 Å². The molecule has 1 aliphatic rings. The fraction of sp³-hybridized carbons (Fsp3) is 0.158. The lowest BCUT2D eigenvalue weighted by atomic mass is 9.86. The molecule has 94 valence electrons. The normalized spacial score (nSPS) is 13.2. The van der Waals surface area contributed by atoms with Gasteiger partial charge in [-0.1, -0.05) is 54.1 Å². The van der Waals surface area contributed by atoms with Gasteiger partial charge < -0.3 is 0 Å². The summed E-state index contributed by atoms with van der Waals surface area (Å²) in [6, 6.07) is 11.1. The molecule has 0 heteroatoms. The largest absolute Gasteiger partial charge is 0.103 e. The molecule has 0 bridgehead atoms. The maximum Gasteiger partial charge on any atom is -0.00543 e. The van der Waals surface area contributed by atoms with Gasteiger partial charge in [0.1, 0.15) is 0 Å². The van der Waals surface area contributed by atoms with E-state index >= 15 is 0 Å². The molecule has 0 aromatic heterocycles. The molecule has 0 heterocycles. The second-order valence-electron chi connectivity index (χ2n) is 5.12. The lowest BCUT2D eigenvalue weighted by Crippen LogP contribution is -2.00. The van der Waals surface area contributed by atoms with Crippen molar-refractivity contribution in [3.8, 4) is 0 Å². The summed E-state index contributed by atoms with van der Waals surface area (Å²) >= 11 is 0. The Bertz CT molecular complexity index is 686. The highest BCUT2D eigenvalue weighted by atomic mass is 14.2. The molecule has 0 fully saturated rings. The minimum absolute atomic E-state index is 0.934. The molecule has 0 spiro atoms.